The van der Waals surface area contributed by atoms with Gasteiger partial charge in [0, 0.05) is 69.3 Å². The minimum Gasteiger partial charge on any atom is -0.465 e. The van der Waals surface area contributed by atoms with E-state index in [0.717, 1.165) is 24.2 Å². The van der Waals surface area contributed by atoms with E-state index in [2.05, 4.69) is 15.2 Å². The molecule has 4 heterocycles. The van der Waals surface area contributed by atoms with Gasteiger partial charge in [-0.3, -0.25) is 9.59 Å². The standard InChI is InChI=1S/C27H34N6O5/c1-17-16-31(9-10-32(17)27(36)37)26(35)19-5-4-6-20(13-19)29-24-14-22-23(15-28-24)30(3)25(34)18(2)33(22)21-7-11-38-12-8-21/h4-6,13-15,17-18,21H,7-12,16H2,1-3H3,(H,28,29)(H,36,37). The number of aromatic nitrogens is 1. The number of hydrogen-bond acceptors (Lipinski definition) is 7. The minimum atomic E-state index is -0.964. The zero-order valence-electron chi connectivity index (χ0n) is 22.0. The summed E-state index contributed by atoms with van der Waals surface area (Å²) in [5.41, 5.74) is 2.95. The number of rotatable bonds is 4. The van der Waals surface area contributed by atoms with Crippen molar-refractivity contribution in [3.63, 3.8) is 0 Å². The van der Waals surface area contributed by atoms with Gasteiger partial charge >= 0.3 is 6.09 Å². The van der Waals surface area contributed by atoms with Gasteiger partial charge in [-0.15, -0.1) is 0 Å². The zero-order chi connectivity index (χ0) is 27.0. The monoisotopic (exact) mass is 522 g/mol. The van der Waals surface area contributed by atoms with E-state index in [1.165, 1.54) is 4.90 Å². The molecule has 2 fully saturated rings. The SMILES string of the molecule is CC1CN(C(=O)c2cccc(Nc3cc4c(cn3)N(C)C(=O)C(C)N4C3CCOCC3)c2)CCN1C(=O)O. The van der Waals surface area contributed by atoms with Crippen LogP contribution in [0.15, 0.2) is 36.5 Å². The Balaban J connectivity index is 1.36. The molecule has 11 heteroatoms. The third-order valence-electron chi connectivity index (χ3n) is 7.73. The first kappa shape index (κ1) is 25.8. The third kappa shape index (κ3) is 4.85. The van der Waals surface area contributed by atoms with Crippen LogP contribution in [0.5, 0.6) is 0 Å². The Hall–Kier alpha value is -3.86. The smallest absolute Gasteiger partial charge is 0.407 e. The quantitative estimate of drug-likeness (QED) is 0.629. The van der Waals surface area contributed by atoms with E-state index in [4.69, 9.17) is 4.74 Å². The Kier molecular flexibility index (Phi) is 7.11. The predicted molar refractivity (Wildman–Crippen MR) is 143 cm³/mol. The van der Waals surface area contributed by atoms with Gasteiger partial charge in [0.25, 0.3) is 5.91 Å². The Bertz CT molecular complexity index is 1230. The predicted octanol–water partition coefficient (Wildman–Crippen LogP) is 3.00. The summed E-state index contributed by atoms with van der Waals surface area (Å²) in [4.78, 5) is 49.0. The van der Waals surface area contributed by atoms with Gasteiger partial charge in [0.15, 0.2) is 0 Å². The van der Waals surface area contributed by atoms with Crippen LogP contribution in [0, 0.1) is 0 Å². The van der Waals surface area contributed by atoms with E-state index in [1.54, 1.807) is 35.2 Å². The van der Waals surface area contributed by atoms with Crippen LogP contribution in [0.25, 0.3) is 0 Å². The highest BCUT2D eigenvalue weighted by Gasteiger charge is 2.38. The maximum atomic E-state index is 13.2. The Labute approximate surface area is 222 Å². The second kappa shape index (κ2) is 10.5. The molecule has 0 bridgehead atoms. The second-order valence-corrected chi connectivity index (χ2v) is 10.2. The number of nitrogens with zero attached hydrogens (tertiary/aromatic N) is 5. The van der Waals surface area contributed by atoms with E-state index < -0.39 is 6.09 Å². The molecule has 1 aromatic heterocycles. The molecule has 2 unspecified atom stereocenters. The fourth-order valence-corrected chi connectivity index (χ4v) is 5.66. The van der Waals surface area contributed by atoms with Gasteiger partial charge in [0.05, 0.1) is 17.6 Å². The number of anilines is 4. The lowest BCUT2D eigenvalue weighted by Gasteiger charge is -2.45. The Morgan fingerprint density at radius 3 is 2.58 bits per heavy atom. The van der Waals surface area contributed by atoms with Gasteiger partial charge in [-0.1, -0.05) is 6.07 Å². The molecule has 2 N–H and O–H groups in total. The fraction of sp³-hybridized carbons (Fsp3) is 0.481. The second-order valence-electron chi connectivity index (χ2n) is 10.2. The summed E-state index contributed by atoms with van der Waals surface area (Å²) in [7, 11) is 1.78. The first-order valence-corrected chi connectivity index (χ1v) is 13.0. The number of benzene rings is 1. The number of carboxylic acid groups (broad SMARTS) is 1. The fourth-order valence-electron chi connectivity index (χ4n) is 5.66. The molecule has 11 nitrogen and oxygen atoms in total. The van der Waals surface area contributed by atoms with Gasteiger partial charge in [-0.05, 0) is 44.9 Å². The molecule has 3 aliphatic rings. The summed E-state index contributed by atoms with van der Waals surface area (Å²) in [6, 6.07) is 8.84. The van der Waals surface area contributed by atoms with Crippen molar-refractivity contribution in [2.45, 2.75) is 44.8 Å². The van der Waals surface area contributed by atoms with Crippen molar-refractivity contribution in [2.24, 2.45) is 0 Å². The van der Waals surface area contributed by atoms with Crippen LogP contribution in [-0.2, 0) is 9.53 Å². The van der Waals surface area contributed by atoms with Gasteiger partial charge in [0.1, 0.15) is 11.9 Å². The molecule has 202 valence electrons. The van der Waals surface area contributed by atoms with Crippen molar-refractivity contribution in [2.75, 3.05) is 55.0 Å². The number of amides is 3. The van der Waals surface area contributed by atoms with E-state index in [9.17, 15) is 19.5 Å². The Morgan fingerprint density at radius 2 is 1.87 bits per heavy atom. The highest BCUT2D eigenvalue weighted by Crippen LogP contribution is 2.39. The van der Waals surface area contributed by atoms with Gasteiger partial charge < -0.3 is 34.8 Å². The first-order chi connectivity index (χ1) is 18.2. The summed E-state index contributed by atoms with van der Waals surface area (Å²) in [6.45, 7) is 6.09. The van der Waals surface area contributed by atoms with Crippen molar-refractivity contribution in [3.05, 3.63) is 42.1 Å². The van der Waals surface area contributed by atoms with Crippen molar-refractivity contribution >= 4 is 40.8 Å². The number of fused-ring (bicyclic) bond motifs is 1. The highest BCUT2D eigenvalue weighted by molar-refractivity contribution is 6.05. The van der Waals surface area contributed by atoms with Crippen molar-refractivity contribution < 1.29 is 24.2 Å². The molecule has 3 amide bonds. The topological polar surface area (TPSA) is 119 Å². The normalized spacial score (nSPS) is 22.3. The van der Waals surface area contributed by atoms with Crippen LogP contribution < -0.4 is 15.1 Å². The molecule has 2 saturated heterocycles. The number of carbonyl (C=O) groups excluding carboxylic acids is 2. The molecule has 0 spiro atoms. The third-order valence-corrected chi connectivity index (χ3v) is 7.73. The molecule has 38 heavy (non-hydrogen) atoms. The molecule has 2 atom stereocenters. The molecule has 5 rings (SSSR count). The maximum Gasteiger partial charge on any atom is 0.407 e. The summed E-state index contributed by atoms with van der Waals surface area (Å²) in [5.74, 6) is 0.517. The molecular formula is C27H34N6O5. The largest absolute Gasteiger partial charge is 0.465 e. The number of hydrogen-bond donors (Lipinski definition) is 2. The highest BCUT2D eigenvalue weighted by atomic mass is 16.5. The molecule has 1 aromatic carbocycles. The van der Waals surface area contributed by atoms with Crippen LogP contribution in [0.4, 0.5) is 27.7 Å². The zero-order valence-corrected chi connectivity index (χ0v) is 22.0. The molecule has 0 radical (unpaired) electrons. The summed E-state index contributed by atoms with van der Waals surface area (Å²) in [6.07, 6.45) is 2.46. The van der Waals surface area contributed by atoms with Crippen molar-refractivity contribution in [1.29, 1.82) is 0 Å². The van der Waals surface area contributed by atoms with Gasteiger partial charge in [-0.2, -0.15) is 0 Å². The van der Waals surface area contributed by atoms with E-state index in [1.807, 2.05) is 32.0 Å². The summed E-state index contributed by atoms with van der Waals surface area (Å²) >= 11 is 0. The van der Waals surface area contributed by atoms with Crippen molar-refractivity contribution in [1.82, 2.24) is 14.8 Å². The van der Waals surface area contributed by atoms with E-state index in [-0.39, 0.29) is 36.5 Å². The number of pyridine rings is 1. The number of carbonyl (C=O) groups is 3. The lowest BCUT2D eigenvalue weighted by atomic mass is 10.00. The van der Waals surface area contributed by atoms with Crippen LogP contribution in [0.2, 0.25) is 0 Å². The minimum absolute atomic E-state index is 0.0382. The van der Waals surface area contributed by atoms with E-state index >= 15 is 0 Å². The number of nitrogens with one attached hydrogen (secondary N) is 1. The van der Waals surface area contributed by atoms with Crippen LogP contribution >= 0.6 is 0 Å². The van der Waals surface area contributed by atoms with Gasteiger partial charge in [-0.25, -0.2) is 9.78 Å². The first-order valence-electron chi connectivity index (χ1n) is 13.0. The molecule has 0 saturated carbocycles. The van der Waals surface area contributed by atoms with Gasteiger partial charge in [0.2, 0.25) is 5.91 Å². The average Bonchev–Trinajstić information content (AvgIpc) is 2.92. The lowest BCUT2D eigenvalue weighted by Crippen LogP contribution is -2.55. The van der Waals surface area contributed by atoms with Crippen LogP contribution in [-0.4, -0.2) is 95.8 Å². The number of piperazine rings is 1. The van der Waals surface area contributed by atoms with Crippen LogP contribution in [0.3, 0.4) is 0 Å². The molecule has 2 aromatic rings. The molecule has 3 aliphatic heterocycles. The average molecular weight is 523 g/mol. The Morgan fingerprint density at radius 1 is 1.11 bits per heavy atom. The van der Waals surface area contributed by atoms with E-state index in [0.29, 0.717) is 43.4 Å². The summed E-state index contributed by atoms with van der Waals surface area (Å²) in [5, 5.41) is 12.6. The number of ether oxygens (including phenoxy) is 1. The summed E-state index contributed by atoms with van der Waals surface area (Å²) < 4.78 is 5.55. The lowest BCUT2D eigenvalue weighted by molar-refractivity contribution is -0.119. The number of likely N-dealkylation sites (N-methyl/N-ethyl adjacent to an activating group) is 1. The molecule has 0 aliphatic carbocycles. The maximum absolute atomic E-state index is 13.2. The van der Waals surface area contributed by atoms with Crippen molar-refractivity contribution in [3.8, 4) is 0 Å². The molecular weight excluding hydrogens is 488 g/mol. The van der Waals surface area contributed by atoms with Crippen LogP contribution in [0.1, 0.15) is 37.0 Å².